The summed E-state index contributed by atoms with van der Waals surface area (Å²) in [6.07, 6.45) is 3.88. The maximum atomic E-state index is 12.8. The Kier molecular flexibility index (Phi) is 10.2. The van der Waals surface area contributed by atoms with Gasteiger partial charge < -0.3 is 10.1 Å². The van der Waals surface area contributed by atoms with E-state index in [4.69, 9.17) is 27.9 Å². The third-order valence-electron chi connectivity index (χ3n) is 6.58. The maximum absolute atomic E-state index is 12.8. The van der Waals surface area contributed by atoms with Gasteiger partial charge in [0, 0.05) is 18.7 Å². The molecule has 3 aromatic rings. The summed E-state index contributed by atoms with van der Waals surface area (Å²) >= 11 is 12.3. The van der Waals surface area contributed by atoms with Crippen LogP contribution in [0.5, 0.6) is 5.75 Å². The normalized spacial score (nSPS) is 14.4. The predicted molar refractivity (Wildman–Crippen MR) is 161 cm³/mol. The van der Waals surface area contributed by atoms with Crippen LogP contribution in [0.1, 0.15) is 35.2 Å². The fraction of sp³-hybridized carbons (Fsp3) is 0.321. The van der Waals surface area contributed by atoms with E-state index in [1.165, 1.54) is 16.4 Å². The highest BCUT2D eigenvalue weighted by Crippen LogP contribution is 2.34. The first kappa shape index (κ1) is 31.1. The zero-order valence-corrected chi connectivity index (χ0v) is 25.6. The Labute approximate surface area is 251 Å². The maximum Gasteiger partial charge on any atom is 0.251 e. The smallest absolute Gasteiger partial charge is 0.251 e. The fourth-order valence-electron chi connectivity index (χ4n) is 4.39. The van der Waals surface area contributed by atoms with Gasteiger partial charge in [0.25, 0.3) is 5.91 Å². The van der Waals surface area contributed by atoms with Gasteiger partial charge in [-0.25, -0.2) is 16.8 Å². The second-order valence-corrected chi connectivity index (χ2v) is 14.2. The van der Waals surface area contributed by atoms with Crippen LogP contribution in [0.2, 0.25) is 10.0 Å². The number of nitrogens with one attached hydrogen (secondary N) is 1. The van der Waals surface area contributed by atoms with Gasteiger partial charge in [0.05, 0.1) is 40.0 Å². The molecule has 4 rings (SSSR count). The molecule has 0 spiro atoms. The van der Waals surface area contributed by atoms with Crippen molar-refractivity contribution >= 4 is 54.8 Å². The van der Waals surface area contributed by atoms with Crippen LogP contribution in [0.25, 0.3) is 0 Å². The lowest BCUT2D eigenvalue weighted by molar-refractivity contribution is 0.0947. The van der Waals surface area contributed by atoms with E-state index in [-0.39, 0.29) is 46.2 Å². The molecule has 1 fully saturated rings. The molecule has 13 heteroatoms. The average molecular weight is 641 g/mol. The van der Waals surface area contributed by atoms with Crippen LogP contribution in [0, 0.1) is 0 Å². The SMILES string of the molecule is CS(=O)(=O)N(Cc1ccc(C(=O)NCCOc2ccc(S(=O)(=O)N3CCCCC3)cc2)cc1)c1cccc(Cl)c1Cl. The Bertz CT molecular complexity index is 1580. The third kappa shape index (κ3) is 7.92. The lowest BCUT2D eigenvalue weighted by Crippen LogP contribution is -2.35. The molecule has 0 bridgehead atoms. The van der Waals surface area contributed by atoms with Crippen molar-refractivity contribution in [3.63, 3.8) is 0 Å². The fourth-order valence-corrected chi connectivity index (χ4v) is 7.25. The lowest BCUT2D eigenvalue weighted by atomic mass is 10.1. The van der Waals surface area contributed by atoms with Gasteiger partial charge in [0.1, 0.15) is 12.4 Å². The number of rotatable bonds is 11. The number of nitrogens with zero attached hydrogens (tertiary/aromatic N) is 2. The molecule has 3 aromatic carbocycles. The van der Waals surface area contributed by atoms with E-state index in [1.54, 1.807) is 54.6 Å². The summed E-state index contributed by atoms with van der Waals surface area (Å²) in [4.78, 5) is 12.8. The Morgan fingerprint density at radius 3 is 2.22 bits per heavy atom. The molecule has 9 nitrogen and oxygen atoms in total. The van der Waals surface area contributed by atoms with E-state index < -0.39 is 20.0 Å². The molecule has 41 heavy (non-hydrogen) atoms. The number of sulfonamides is 2. The third-order valence-corrected chi connectivity index (χ3v) is 10.4. The highest BCUT2D eigenvalue weighted by atomic mass is 35.5. The van der Waals surface area contributed by atoms with E-state index in [0.717, 1.165) is 29.8 Å². The molecule has 1 aliphatic rings. The van der Waals surface area contributed by atoms with E-state index in [9.17, 15) is 21.6 Å². The molecule has 1 N–H and O–H groups in total. The van der Waals surface area contributed by atoms with Crippen molar-refractivity contribution < 1.29 is 26.4 Å². The minimum atomic E-state index is -3.67. The van der Waals surface area contributed by atoms with E-state index in [1.807, 2.05) is 0 Å². The predicted octanol–water partition coefficient (Wildman–Crippen LogP) is 4.94. The van der Waals surface area contributed by atoms with Crippen LogP contribution in [0.15, 0.2) is 71.6 Å². The highest BCUT2D eigenvalue weighted by molar-refractivity contribution is 7.92. The first-order valence-electron chi connectivity index (χ1n) is 13.0. The van der Waals surface area contributed by atoms with Gasteiger partial charge >= 0.3 is 0 Å². The van der Waals surface area contributed by atoms with Crippen molar-refractivity contribution in [1.29, 1.82) is 0 Å². The first-order chi connectivity index (χ1) is 19.5. The Balaban J connectivity index is 1.28. The molecule has 1 heterocycles. The summed E-state index contributed by atoms with van der Waals surface area (Å²) < 4.78 is 58.8. The van der Waals surface area contributed by atoms with Crippen molar-refractivity contribution in [2.45, 2.75) is 30.7 Å². The Hall–Kier alpha value is -2.83. The largest absolute Gasteiger partial charge is 0.492 e. The standard InChI is InChI=1S/C28H31Cl2N3O6S2/c1-40(35,36)33(26-7-5-6-25(29)27(26)30)20-21-8-10-22(11-9-21)28(34)31-16-19-39-23-12-14-24(15-13-23)41(37,38)32-17-3-2-4-18-32/h5-15H,2-4,16-20H2,1H3,(H,31,34). The number of ether oxygens (including phenoxy) is 1. The topological polar surface area (TPSA) is 113 Å². The van der Waals surface area contributed by atoms with Crippen LogP contribution < -0.4 is 14.4 Å². The summed E-state index contributed by atoms with van der Waals surface area (Å²) in [5.74, 6) is 0.178. The molecule has 1 saturated heterocycles. The number of hydrogen-bond donors (Lipinski definition) is 1. The van der Waals surface area contributed by atoms with Crippen molar-refractivity contribution in [1.82, 2.24) is 9.62 Å². The summed E-state index contributed by atoms with van der Waals surface area (Å²) in [5.41, 5.74) is 1.31. The van der Waals surface area contributed by atoms with Crippen LogP contribution >= 0.6 is 23.2 Å². The van der Waals surface area contributed by atoms with Crippen molar-refractivity contribution in [2.24, 2.45) is 0 Å². The minimum absolute atomic E-state index is 0.00670. The van der Waals surface area contributed by atoms with Gasteiger partial charge in [-0.3, -0.25) is 9.10 Å². The number of anilines is 1. The van der Waals surface area contributed by atoms with Crippen LogP contribution in [0.3, 0.4) is 0 Å². The summed E-state index contributed by atoms with van der Waals surface area (Å²) in [6.45, 7) is 1.50. The van der Waals surface area contributed by atoms with Crippen LogP contribution in [-0.4, -0.2) is 59.5 Å². The van der Waals surface area contributed by atoms with Crippen molar-refractivity contribution in [2.75, 3.05) is 36.8 Å². The Morgan fingerprint density at radius 2 is 1.59 bits per heavy atom. The zero-order chi connectivity index (χ0) is 29.6. The number of hydrogen-bond acceptors (Lipinski definition) is 6. The van der Waals surface area contributed by atoms with Gasteiger partial charge in [-0.2, -0.15) is 4.31 Å². The van der Waals surface area contributed by atoms with E-state index in [2.05, 4.69) is 5.32 Å². The van der Waals surface area contributed by atoms with Gasteiger partial charge in [-0.15, -0.1) is 0 Å². The molecule has 0 unspecified atom stereocenters. The number of carbonyl (C=O) groups is 1. The quantitative estimate of drug-likeness (QED) is 0.297. The molecular formula is C28H31Cl2N3O6S2. The minimum Gasteiger partial charge on any atom is -0.492 e. The number of halogens is 2. The summed E-state index contributed by atoms with van der Waals surface area (Å²) in [7, 11) is -7.17. The Morgan fingerprint density at radius 1 is 0.927 bits per heavy atom. The second kappa shape index (κ2) is 13.4. The molecule has 0 saturated carbocycles. The lowest BCUT2D eigenvalue weighted by Gasteiger charge is -2.25. The molecule has 0 aliphatic carbocycles. The first-order valence-corrected chi connectivity index (χ1v) is 17.0. The average Bonchev–Trinajstić information content (AvgIpc) is 2.96. The van der Waals surface area contributed by atoms with Crippen molar-refractivity contribution in [3.05, 3.63) is 87.9 Å². The molecule has 0 aromatic heterocycles. The van der Waals surface area contributed by atoms with Gasteiger partial charge in [-0.1, -0.05) is 47.8 Å². The molecule has 0 atom stereocenters. The molecule has 220 valence electrons. The highest BCUT2D eigenvalue weighted by Gasteiger charge is 2.26. The monoisotopic (exact) mass is 639 g/mol. The zero-order valence-electron chi connectivity index (χ0n) is 22.4. The number of amides is 1. The van der Waals surface area contributed by atoms with Gasteiger partial charge in [0.15, 0.2) is 0 Å². The number of carbonyl (C=O) groups excluding carboxylic acids is 1. The van der Waals surface area contributed by atoms with Crippen LogP contribution in [-0.2, 0) is 26.6 Å². The molecule has 1 aliphatic heterocycles. The van der Waals surface area contributed by atoms with Gasteiger partial charge in [-0.05, 0) is 66.9 Å². The molecule has 0 radical (unpaired) electrons. The molecular weight excluding hydrogens is 609 g/mol. The number of benzene rings is 3. The van der Waals surface area contributed by atoms with Gasteiger partial charge in [0.2, 0.25) is 20.0 Å². The van der Waals surface area contributed by atoms with E-state index in [0.29, 0.717) is 30.0 Å². The van der Waals surface area contributed by atoms with Crippen LogP contribution in [0.4, 0.5) is 5.69 Å². The van der Waals surface area contributed by atoms with E-state index >= 15 is 0 Å². The summed E-state index contributed by atoms with van der Waals surface area (Å²) in [6, 6.07) is 17.6. The second-order valence-electron chi connectivity index (χ2n) is 9.58. The summed E-state index contributed by atoms with van der Waals surface area (Å²) in [5, 5.41) is 3.14. The number of piperidine rings is 1. The van der Waals surface area contributed by atoms with Crippen molar-refractivity contribution in [3.8, 4) is 5.75 Å². The molecule has 1 amide bonds.